The maximum atomic E-state index is 11.5. The van der Waals surface area contributed by atoms with Gasteiger partial charge in [-0.05, 0) is 22.6 Å². The monoisotopic (exact) mass is 448 g/mol. The number of rotatable bonds is 4. The van der Waals surface area contributed by atoms with Crippen molar-refractivity contribution < 1.29 is 38.6 Å². The number of carbonyl (C=O) groups is 1. The Morgan fingerprint density at radius 3 is 2.68 bits per heavy atom. The maximum absolute atomic E-state index is 11.5. The molecule has 22 heavy (non-hydrogen) atoms. The fraction of sp³-hybridized carbons (Fsp3) is 0.500. The number of carbonyl (C=O) groups excluding carboxylic acids is 1. The molecule has 12 heteroatoms. The minimum atomic E-state index is -4.72. The largest absolute Gasteiger partial charge is 0.469 e. The number of phosphoric acid groups is 1. The van der Waals surface area contributed by atoms with Gasteiger partial charge < -0.3 is 35.0 Å². The smallest absolute Gasteiger partial charge is 0.387 e. The standard InChI is InChI=1S/C10H14IN2O8P/c1-4-12-9(16)5(11)2-13(4)10-8(15)7(14)6(21-10)3-20-22(17,18)19/h2,6-8,10,14-15H,1,3H2,(H,12,16)(H2,17,18,19)/t6-,7-,8?,10-/m1/s1. The van der Waals surface area contributed by atoms with E-state index < -0.39 is 39.0 Å². The van der Waals surface area contributed by atoms with Crippen LogP contribution in [0.5, 0.6) is 0 Å². The quantitative estimate of drug-likeness (QED) is 0.262. The summed E-state index contributed by atoms with van der Waals surface area (Å²) in [7, 11) is -4.72. The molecule has 0 aromatic heterocycles. The molecule has 0 radical (unpaired) electrons. The van der Waals surface area contributed by atoms with E-state index in [1.54, 1.807) is 22.6 Å². The molecule has 1 saturated heterocycles. The number of aliphatic hydroxyl groups excluding tert-OH is 2. The van der Waals surface area contributed by atoms with Crippen LogP contribution in [-0.4, -0.2) is 62.0 Å². The van der Waals surface area contributed by atoms with E-state index in [0.717, 1.165) is 0 Å². The molecule has 1 fully saturated rings. The molecule has 2 aliphatic rings. The van der Waals surface area contributed by atoms with E-state index in [9.17, 15) is 19.6 Å². The highest BCUT2D eigenvalue weighted by Crippen LogP contribution is 2.37. The van der Waals surface area contributed by atoms with Crippen LogP contribution in [-0.2, 0) is 18.6 Å². The summed E-state index contributed by atoms with van der Waals surface area (Å²) in [6.07, 6.45) is -3.66. The first-order chi connectivity index (χ1) is 10.1. The third kappa shape index (κ3) is 3.86. The van der Waals surface area contributed by atoms with E-state index in [1.807, 2.05) is 0 Å². The molecular weight excluding hydrogens is 434 g/mol. The van der Waals surface area contributed by atoms with E-state index in [1.165, 1.54) is 11.1 Å². The Labute approximate surface area is 138 Å². The lowest BCUT2D eigenvalue weighted by molar-refractivity contribution is -0.118. The lowest BCUT2D eigenvalue weighted by Gasteiger charge is -2.33. The van der Waals surface area contributed by atoms with Crippen LogP contribution in [0.15, 0.2) is 22.2 Å². The third-order valence-corrected chi connectivity index (χ3v) is 4.31. The van der Waals surface area contributed by atoms with Crippen LogP contribution in [0.1, 0.15) is 0 Å². The van der Waals surface area contributed by atoms with Crippen molar-refractivity contribution >= 4 is 36.3 Å². The van der Waals surface area contributed by atoms with Crippen LogP contribution in [0.2, 0.25) is 0 Å². The fourth-order valence-corrected chi connectivity index (χ4v) is 2.78. The van der Waals surface area contributed by atoms with E-state index >= 15 is 0 Å². The summed E-state index contributed by atoms with van der Waals surface area (Å²) < 4.78 is 20.6. The molecule has 124 valence electrons. The van der Waals surface area contributed by atoms with Gasteiger partial charge in [-0.25, -0.2) is 4.57 Å². The number of hydrogen-bond donors (Lipinski definition) is 5. The summed E-state index contributed by atoms with van der Waals surface area (Å²) in [6, 6.07) is 0. The van der Waals surface area contributed by atoms with Crippen molar-refractivity contribution in [3.8, 4) is 0 Å². The zero-order valence-electron chi connectivity index (χ0n) is 11.0. The van der Waals surface area contributed by atoms with Gasteiger partial charge in [0.1, 0.15) is 24.1 Å². The number of aliphatic hydroxyl groups is 2. The van der Waals surface area contributed by atoms with Gasteiger partial charge in [-0.3, -0.25) is 9.32 Å². The summed E-state index contributed by atoms with van der Waals surface area (Å²) in [4.78, 5) is 30.1. The second-order valence-corrected chi connectivity index (χ2v) is 7.02. The van der Waals surface area contributed by atoms with E-state index in [4.69, 9.17) is 14.5 Å². The molecule has 1 unspecified atom stereocenters. The molecule has 2 aliphatic heterocycles. The first-order valence-corrected chi connectivity index (χ1v) is 8.58. The van der Waals surface area contributed by atoms with Crippen LogP contribution in [0.4, 0.5) is 0 Å². The molecule has 0 aliphatic carbocycles. The van der Waals surface area contributed by atoms with Crippen LogP contribution in [0.25, 0.3) is 0 Å². The van der Waals surface area contributed by atoms with Gasteiger partial charge in [-0.15, -0.1) is 0 Å². The van der Waals surface area contributed by atoms with E-state index in [2.05, 4.69) is 16.4 Å². The molecule has 2 heterocycles. The van der Waals surface area contributed by atoms with E-state index in [0.29, 0.717) is 3.58 Å². The molecule has 5 N–H and O–H groups in total. The van der Waals surface area contributed by atoms with Gasteiger partial charge in [0.15, 0.2) is 6.23 Å². The summed E-state index contributed by atoms with van der Waals surface area (Å²) in [5, 5.41) is 22.4. The van der Waals surface area contributed by atoms with Crippen molar-refractivity contribution in [3.05, 3.63) is 22.2 Å². The van der Waals surface area contributed by atoms with Crippen LogP contribution >= 0.6 is 30.4 Å². The van der Waals surface area contributed by atoms with Crippen molar-refractivity contribution in [2.75, 3.05) is 6.61 Å². The van der Waals surface area contributed by atoms with Crippen molar-refractivity contribution in [1.82, 2.24) is 10.2 Å². The second-order valence-electron chi connectivity index (χ2n) is 4.62. The van der Waals surface area contributed by atoms with Crippen molar-refractivity contribution in [2.45, 2.75) is 24.5 Å². The molecule has 2 rings (SSSR count). The van der Waals surface area contributed by atoms with Crippen molar-refractivity contribution in [1.29, 1.82) is 0 Å². The Morgan fingerprint density at radius 2 is 2.09 bits per heavy atom. The lowest BCUT2D eigenvalue weighted by Crippen LogP contribution is -2.47. The number of nitrogens with zero attached hydrogens (tertiary/aromatic N) is 1. The fourth-order valence-electron chi connectivity index (χ4n) is 2.01. The highest BCUT2D eigenvalue weighted by molar-refractivity contribution is 14.1. The van der Waals surface area contributed by atoms with Crippen molar-refractivity contribution in [3.63, 3.8) is 0 Å². The summed E-state index contributed by atoms with van der Waals surface area (Å²) >= 11 is 1.78. The van der Waals surface area contributed by atoms with Gasteiger partial charge in [0.25, 0.3) is 5.91 Å². The molecule has 0 aromatic rings. The molecule has 0 bridgehead atoms. The normalized spacial score (nSPS) is 33.0. The number of hydrogen-bond acceptors (Lipinski definition) is 7. The molecule has 1 amide bonds. The Kier molecular flexibility index (Phi) is 5.29. The topological polar surface area (TPSA) is 149 Å². The third-order valence-electron chi connectivity index (χ3n) is 3.06. The first kappa shape index (κ1) is 17.8. The number of halogens is 1. The maximum Gasteiger partial charge on any atom is 0.469 e. The number of amides is 1. The van der Waals surface area contributed by atoms with Gasteiger partial charge in [0, 0.05) is 6.20 Å². The lowest BCUT2D eigenvalue weighted by atomic mass is 10.1. The van der Waals surface area contributed by atoms with Crippen molar-refractivity contribution in [2.24, 2.45) is 0 Å². The first-order valence-electron chi connectivity index (χ1n) is 5.98. The number of nitrogens with one attached hydrogen (secondary N) is 1. The minimum absolute atomic E-state index is 0.137. The predicted molar refractivity (Wildman–Crippen MR) is 79.9 cm³/mol. The molecule has 10 nitrogen and oxygen atoms in total. The van der Waals surface area contributed by atoms with Crippen LogP contribution < -0.4 is 5.32 Å². The zero-order chi connectivity index (χ0) is 16.7. The van der Waals surface area contributed by atoms with Gasteiger partial charge in [-0.1, -0.05) is 6.58 Å². The van der Waals surface area contributed by atoms with Gasteiger partial charge in [0.05, 0.1) is 10.2 Å². The zero-order valence-corrected chi connectivity index (χ0v) is 14.0. The van der Waals surface area contributed by atoms with Gasteiger partial charge in [0.2, 0.25) is 0 Å². The molecule has 0 saturated carbocycles. The highest BCUT2D eigenvalue weighted by Gasteiger charge is 2.47. The van der Waals surface area contributed by atoms with Crippen LogP contribution in [0, 0.1) is 0 Å². The molecular formula is C10H14IN2O8P. The minimum Gasteiger partial charge on any atom is -0.387 e. The van der Waals surface area contributed by atoms with Gasteiger partial charge >= 0.3 is 7.82 Å². The molecule has 0 aromatic carbocycles. The SMILES string of the molecule is C=C1NC(=O)C(I)=CN1[C@@H]1O[C@H](COP(=O)(O)O)[C@@H](O)C1O. The average molecular weight is 448 g/mol. The van der Waals surface area contributed by atoms with E-state index in [-0.39, 0.29) is 11.7 Å². The summed E-state index contributed by atoms with van der Waals surface area (Å²) in [5.41, 5.74) is 0. The Bertz CT molecular complexity index is 563. The Morgan fingerprint density at radius 1 is 1.45 bits per heavy atom. The predicted octanol–water partition coefficient (Wildman–Crippen LogP) is -1.28. The van der Waals surface area contributed by atoms with Gasteiger partial charge in [-0.2, -0.15) is 0 Å². The number of phosphoric ester groups is 1. The number of ether oxygens (including phenoxy) is 1. The van der Waals surface area contributed by atoms with Crippen LogP contribution in [0.3, 0.4) is 0 Å². The second kappa shape index (κ2) is 6.53. The highest BCUT2D eigenvalue weighted by atomic mass is 127. The average Bonchev–Trinajstić information content (AvgIpc) is 2.68. The molecule has 4 atom stereocenters. The Balaban J connectivity index is 2.11. The summed E-state index contributed by atoms with van der Waals surface area (Å²) in [5.74, 6) is -0.227. The summed E-state index contributed by atoms with van der Waals surface area (Å²) in [6.45, 7) is 3.01. The Hall–Kier alpha value is -0.530. The molecule has 0 spiro atoms.